The molecule has 2 aromatic carbocycles. The number of carbonyl (C=O) groups is 1. The summed E-state index contributed by atoms with van der Waals surface area (Å²) in [5, 5.41) is 2.71. The van der Waals surface area contributed by atoms with Gasteiger partial charge in [0, 0.05) is 18.2 Å². The quantitative estimate of drug-likeness (QED) is 0.709. The van der Waals surface area contributed by atoms with Crippen molar-refractivity contribution < 1.29 is 23.0 Å². The van der Waals surface area contributed by atoms with E-state index in [1.54, 1.807) is 13.0 Å². The number of hydrogen-bond donors (Lipinski definition) is 2. The number of methoxy groups -OCH3 is 1. The third-order valence-corrected chi connectivity index (χ3v) is 4.07. The van der Waals surface area contributed by atoms with Crippen LogP contribution in [0.15, 0.2) is 48.5 Å². The highest BCUT2D eigenvalue weighted by Gasteiger charge is 2.22. The molecule has 0 aliphatic rings. The van der Waals surface area contributed by atoms with Gasteiger partial charge in [0.1, 0.15) is 11.5 Å². The Balaban J connectivity index is 0.00000364. The SMILES string of the molecule is COc1ccc(OC(F)F)c(CNC(=O)C(C)C(N)c2ccccc2)c1.Cl. The van der Waals surface area contributed by atoms with Crippen molar-refractivity contribution in [1.82, 2.24) is 5.32 Å². The minimum atomic E-state index is -2.96. The van der Waals surface area contributed by atoms with Gasteiger partial charge < -0.3 is 20.5 Å². The number of amides is 1. The molecule has 0 saturated heterocycles. The number of nitrogens with two attached hydrogens (primary N) is 1. The lowest BCUT2D eigenvalue weighted by Crippen LogP contribution is -2.35. The van der Waals surface area contributed by atoms with Gasteiger partial charge in [-0.2, -0.15) is 8.78 Å². The second-order valence-electron chi connectivity index (χ2n) is 5.80. The molecule has 148 valence electrons. The predicted molar refractivity (Wildman–Crippen MR) is 101 cm³/mol. The van der Waals surface area contributed by atoms with Crippen molar-refractivity contribution in [2.45, 2.75) is 26.1 Å². The van der Waals surface area contributed by atoms with Crippen molar-refractivity contribution in [3.8, 4) is 11.5 Å². The van der Waals surface area contributed by atoms with Crippen LogP contribution in [0.25, 0.3) is 0 Å². The molecule has 27 heavy (non-hydrogen) atoms. The van der Waals surface area contributed by atoms with E-state index in [1.807, 2.05) is 30.3 Å². The maximum Gasteiger partial charge on any atom is 0.387 e. The Bertz CT molecular complexity index is 732. The molecule has 0 heterocycles. The number of hydrogen-bond acceptors (Lipinski definition) is 4. The first-order valence-corrected chi connectivity index (χ1v) is 8.12. The fourth-order valence-corrected chi connectivity index (χ4v) is 2.50. The van der Waals surface area contributed by atoms with Crippen LogP contribution >= 0.6 is 12.4 Å². The summed E-state index contributed by atoms with van der Waals surface area (Å²) in [5.74, 6) is -0.319. The van der Waals surface area contributed by atoms with Gasteiger partial charge >= 0.3 is 6.61 Å². The summed E-state index contributed by atoms with van der Waals surface area (Å²) in [5.41, 5.74) is 7.38. The zero-order chi connectivity index (χ0) is 19.1. The molecule has 0 fully saturated rings. The average Bonchev–Trinajstić information content (AvgIpc) is 2.66. The number of rotatable bonds is 8. The predicted octanol–water partition coefficient (Wildman–Crippen LogP) is 3.67. The summed E-state index contributed by atoms with van der Waals surface area (Å²) in [4.78, 5) is 12.4. The number of halogens is 3. The van der Waals surface area contributed by atoms with E-state index in [2.05, 4.69) is 10.1 Å². The van der Waals surface area contributed by atoms with Gasteiger partial charge in [0.2, 0.25) is 5.91 Å². The Morgan fingerprint density at radius 1 is 1.19 bits per heavy atom. The molecular weight excluding hydrogens is 378 g/mol. The first-order chi connectivity index (χ1) is 12.4. The molecule has 0 radical (unpaired) electrons. The van der Waals surface area contributed by atoms with Crippen molar-refractivity contribution in [3.05, 3.63) is 59.7 Å². The summed E-state index contributed by atoms with van der Waals surface area (Å²) in [6, 6.07) is 13.2. The van der Waals surface area contributed by atoms with Crippen molar-refractivity contribution in [1.29, 1.82) is 0 Å². The minimum absolute atomic E-state index is 0. The Morgan fingerprint density at radius 2 is 1.85 bits per heavy atom. The van der Waals surface area contributed by atoms with Gasteiger partial charge in [0.15, 0.2) is 0 Å². The summed E-state index contributed by atoms with van der Waals surface area (Å²) in [6.07, 6.45) is 0. The molecular formula is C19H23ClF2N2O3. The lowest BCUT2D eigenvalue weighted by Gasteiger charge is -2.20. The van der Waals surface area contributed by atoms with Crippen molar-refractivity contribution in [3.63, 3.8) is 0 Å². The number of carbonyl (C=O) groups excluding carboxylic acids is 1. The highest BCUT2D eigenvalue weighted by Crippen LogP contribution is 2.26. The normalized spacial score (nSPS) is 12.7. The zero-order valence-corrected chi connectivity index (χ0v) is 15.8. The molecule has 2 rings (SSSR count). The van der Waals surface area contributed by atoms with Gasteiger partial charge in [-0.05, 0) is 23.8 Å². The molecule has 3 N–H and O–H groups in total. The van der Waals surface area contributed by atoms with Crippen LogP contribution < -0.4 is 20.5 Å². The Kier molecular flexibility index (Phi) is 8.97. The summed E-state index contributed by atoms with van der Waals surface area (Å²) in [6.45, 7) is -1.22. The number of alkyl halides is 2. The molecule has 0 aliphatic heterocycles. The van der Waals surface area contributed by atoms with Crippen molar-refractivity contribution >= 4 is 18.3 Å². The first kappa shape index (κ1) is 22.7. The second kappa shape index (κ2) is 10.7. The molecule has 0 spiro atoms. The van der Waals surface area contributed by atoms with Gasteiger partial charge in [-0.15, -0.1) is 12.4 Å². The van der Waals surface area contributed by atoms with Gasteiger partial charge in [0.05, 0.1) is 13.0 Å². The zero-order valence-electron chi connectivity index (χ0n) is 15.0. The van der Waals surface area contributed by atoms with Crippen molar-refractivity contribution in [2.24, 2.45) is 11.7 Å². The maximum absolute atomic E-state index is 12.5. The van der Waals surface area contributed by atoms with E-state index in [-0.39, 0.29) is 30.6 Å². The van der Waals surface area contributed by atoms with E-state index >= 15 is 0 Å². The topological polar surface area (TPSA) is 73.6 Å². The molecule has 5 nitrogen and oxygen atoms in total. The Labute approximate surface area is 163 Å². The van der Waals surface area contributed by atoms with E-state index in [0.717, 1.165) is 5.56 Å². The van der Waals surface area contributed by atoms with E-state index in [1.165, 1.54) is 19.2 Å². The van der Waals surface area contributed by atoms with Crippen LogP contribution in [-0.4, -0.2) is 19.6 Å². The van der Waals surface area contributed by atoms with Crippen LogP contribution in [0.4, 0.5) is 8.78 Å². The number of benzene rings is 2. The third kappa shape index (κ3) is 6.37. The van der Waals surface area contributed by atoms with Gasteiger partial charge in [-0.25, -0.2) is 0 Å². The van der Waals surface area contributed by atoms with E-state index in [9.17, 15) is 13.6 Å². The number of ether oxygens (including phenoxy) is 2. The second-order valence-corrected chi connectivity index (χ2v) is 5.80. The Morgan fingerprint density at radius 3 is 2.44 bits per heavy atom. The maximum atomic E-state index is 12.5. The monoisotopic (exact) mass is 400 g/mol. The molecule has 0 saturated carbocycles. The van der Waals surface area contributed by atoms with Gasteiger partial charge in [-0.3, -0.25) is 4.79 Å². The summed E-state index contributed by atoms with van der Waals surface area (Å²) >= 11 is 0. The van der Waals surface area contributed by atoms with E-state index in [0.29, 0.717) is 11.3 Å². The smallest absolute Gasteiger partial charge is 0.387 e. The third-order valence-electron chi connectivity index (χ3n) is 4.07. The lowest BCUT2D eigenvalue weighted by atomic mass is 9.94. The highest BCUT2D eigenvalue weighted by atomic mass is 35.5. The van der Waals surface area contributed by atoms with Crippen LogP contribution in [0, 0.1) is 5.92 Å². The molecule has 2 aromatic rings. The molecule has 2 atom stereocenters. The highest BCUT2D eigenvalue weighted by molar-refractivity contribution is 5.85. The molecule has 0 aliphatic carbocycles. The van der Waals surface area contributed by atoms with Crippen LogP contribution in [-0.2, 0) is 11.3 Å². The van der Waals surface area contributed by atoms with Crippen LogP contribution in [0.5, 0.6) is 11.5 Å². The molecule has 0 bridgehead atoms. The van der Waals surface area contributed by atoms with Crippen molar-refractivity contribution in [2.75, 3.05) is 7.11 Å². The molecule has 2 unspecified atom stereocenters. The molecule has 1 amide bonds. The van der Waals surface area contributed by atoms with Crippen LogP contribution in [0.1, 0.15) is 24.1 Å². The van der Waals surface area contributed by atoms with E-state index in [4.69, 9.17) is 10.5 Å². The summed E-state index contributed by atoms with van der Waals surface area (Å²) in [7, 11) is 1.46. The molecule has 0 aromatic heterocycles. The standard InChI is InChI=1S/C19H22F2N2O3.ClH/c1-12(17(22)13-6-4-3-5-7-13)18(24)23-11-14-10-15(25-2)8-9-16(14)26-19(20)21;/h3-10,12,17,19H,11,22H2,1-2H3,(H,23,24);1H. The fraction of sp³-hybridized carbons (Fsp3) is 0.316. The molecule has 8 heteroatoms. The van der Waals surface area contributed by atoms with Crippen LogP contribution in [0.3, 0.4) is 0 Å². The fourth-order valence-electron chi connectivity index (χ4n) is 2.50. The largest absolute Gasteiger partial charge is 0.497 e. The van der Waals surface area contributed by atoms with E-state index < -0.39 is 18.6 Å². The van der Waals surface area contributed by atoms with Gasteiger partial charge in [0.25, 0.3) is 0 Å². The van der Waals surface area contributed by atoms with Gasteiger partial charge in [-0.1, -0.05) is 37.3 Å². The average molecular weight is 401 g/mol. The summed E-state index contributed by atoms with van der Waals surface area (Å²) < 4.78 is 34.7. The van der Waals surface area contributed by atoms with Crippen LogP contribution in [0.2, 0.25) is 0 Å². The Hall–Kier alpha value is -2.38. The lowest BCUT2D eigenvalue weighted by molar-refractivity contribution is -0.125. The minimum Gasteiger partial charge on any atom is -0.497 e. The number of nitrogens with one attached hydrogen (secondary N) is 1. The first-order valence-electron chi connectivity index (χ1n) is 8.12.